The molecule has 0 radical (unpaired) electrons. The second kappa shape index (κ2) is 7.97. The van der Waals surface area contributed by atoms with Crippen LogP contribution in [0.3, 0.4) is 0 Å². The van der Waals surface area contributed by atoms with Crippen LogP contribution in [0.2, 0.25) is 0 Å². The van der Waals surface area contributed by atoms with Crippen LogP contribution in [0.4, 0.5) is 0 Å². The van der Waals surface area contributed by atoms with Crippen LogP contribution in [0.15, 0.2) is 101 Å². The van der Waals surface area contributed by atoms with Gasteiger partial charge in [-0.15, -0.1) is 0 Å². The molecule has 3 heteroatoms. The van der Waals surface area contributed by atoms with Crippen molar-refractivity contribution in [3.8, 4) is 0 Å². The molecule has 3 nitrogen and oxygen atoms in total. The summed E-state index contributed by atoms with van der Waals surface area (Å²) in [6.45, 7) is 0. The minimum absolute atomic E-state index is 0.219. The van der Waals surface area contributed by atoms with Crippen LogP contribution in [0.1, 0.15) is 16.7 Å². The van der Waals surface area contributed by atoms with Crippen molar-refractivity contribution in [2.24, 2.45) is 9.98 Å². The lowest BCUT2D eigenvalue weighted by Gasteiger charge is -2.11. The molecule has 0 amide bonds. The predicted molar refractivity (Wildman–Crippen MR) is 105 cm³/mol. The molecule has 0 saturated heterocycles. The zero-order valence-corrected chi connectivity index (χ0v) is 14.1. The third-order valence-corrected chi connectivity index (χ3v) is 3.81. The fourth-order valence-electron chi connectivity index (χ4n) is 2.59. The zero-order valence-electron chi connectivity index (χ0n) is 14.1. The van der Waals surface area contributed by atoms with Gasteiger partial charge in [0.05, 0.1) is 11.4 Å². The van der Waals surface area contributed by atoms with E-state index in [2.05, 4.69) is 9.98 Å². The lowest BCUT2D eigenvalue weighted by Crippen LogP contribution is -2.19. The normalized spacial score (nSPS) is 12.0. The number of aliphatic imine (C=N–C) groups is 2. The molecule has 3 rings (SSSR count). The van der Waals surface area contributed by atoms with Gasteiger partial charge in [0.1, 0.15) is 0 Å². The highest BCUT2D eigenvalue weighted by atomic mass is 14.9. The molecule has 3 aromatic carbocycles. The van der Waals surface area contributed by atoms with Crippen molar-refractivity contribution in [3.05, 3.63) is 108 Å². The van der Waals surface area contributed by atoms with Crippen LogP contribution in [0, 0.1) is 5.41 Å². The topological polar surface area (TPSA) is 48.6 Å². The maximum absolute atomic E-state index is 8.40. The number of nitrogens with zero attached hydrogens (tertiary/aromatic N) is 2. The molecule has 0 aliphatic rings. The zero-order chi connectivity index (χ0) is 17.5. The van der Waals surface area contributed by atoms with E-state index in [-0.39, 0.29) is 5.84 Å². The Morgan fingerprint density at radius 2 is 1.00 bits per heavy atom. The van der Waals surface area contributed by atoms with Crippen LogP contribution in [0.25, 0.3) is 0 Å². The van der Waals surface area contributed by atoms with Crippen molar-refractivity contribution in [2.75, 3.05) is 7.05 Å². The van der Waals surface area contributed by atoms with Crippen molar-refractivity contribution in [2.45, 2.75) is 0 Å². The van der Waals surface area contributed by atoms with Crippen LogP contribution in [0.5, 0.6) is 0 Å². The van der Waals surface area contributed by atoms with Gasteiger partial charge in [-0.05, 0) is 0 Å². The summed E-state index contributed by atoms with van der Waals surface area (Å²) >= 11 is 0. The highest BCUT2D eigenvalue weighted by Crippen LogP contribution is 2.12. The predicted octanol–water partition coefficient (Wildman–Crippen LogP) is 4.62. The molecule has 25 heavy (non-hydrogen) atoms. The van der Waals surface area contributed by atoms with Gasteiger partial charge in [-0.2, -0.15) is 0 Å². The average Bonchev–Trinajstić information content (AvgIpc) is 2.70. The summed E-state index contributed by atoms with van der Waals surface area (Å²) in [5, 5.41) is 8.40. The van der Waals surface area contributed by atoms with E-state index in [0.29, 0.717) is 5.71 Å². The smallest absolute Gasteiger partial charge is 0.152 e. The van der Waals surface area contributed by atoms with Crippen LogP contribution in [-0.2, 0) is 0 Å². The molecular weight excluding hydrogens is 306 g/mol. The fraction of sp³-hybridized carbons (Fsp3) is 0.0455. The first-order valence-electron chi connectivity index (χ1n) is 8.10. The van der Waals surface area contributed by atoms with E-state index >= 15 is 0 Å². The molecule has 0 bridgehead atoms. The third-order valence-electron chi connectivity index (χ3n) is 3.81. The lowest BCUT2D eigenvalue weighted by molar-refractivity contribution is 1.40. The molecule has 0 aliphatic heterocycles. The third kappa shape index (κ3) is 3.96. The maximum Gasteiger partial charge on any atom is 0.152 e. The molecule has 0 saturated carbocycles. The fourth-order valence-corrected chi connectivity index (χ4v) is 2.59. The van der Waals surface area contributed by atoms with E-state index < -0.39 is 0 Å². The maximum atomic E-state index is 8.40. The Balaban J connectivity index is 2.11. The van der Waals surface area contributed by atoms with Gasteiger partial charge in [-0.1, -0.05) is 91.0 Å². The Bertz CT molecular complexity index is 896. The average molecular weight is 325 g/mol. The van der Waals surface area contributed by atoms with E-state index in [1.54, 1.807) is 7.05 Å². The van der Waals surface area contributed by atoms with Gasteiger partial charge in [-0.25, -0.2) is 4.99 Å². The second-order valence-electron chi connectivity index (χ2n) is 5.48. The Kier molecular flexibility index (Phi) is 5.27. The molecule has 0 aliphatic carbocycles. The van der Waals surface area contributed by atoms with Gasteiger partial charge < -0.3 is 0 Å². The first kappa shape index (κ1) is 16.5. The molecule has 0 spiro atoms. The number of hydrogen-bond acceptors (Lipinski definition) is 2. The van der Waals surface area contributed by atoms with Gasteiger partial charge in [0.2, 0.25) is 0 Å². The summed E-state index contributed by atoms with van der Waals surface area (Å²) in [5.41, 5.74) is 4.16. The largest absolute Gasteiger partial charge is 0.286 e. The minimum atomic E-state index is 0.219. The van der Waals surface area contributed by atoms with Gasteiger partial charge in [0.15, 0.2) is 5.84 Å². The Hall–Kier alpha value is -3.33. The second-order valence-corrected chi connectivity index (χ2v) is 5.48. The summed E-state index contributed by atoms with van der Waals surface area (Å²) < 4.78 is 0. The summed E-state index contributed by atoms with van der Waals surface area (Å²) in [7, 11) is 1.76. The number of hydrogen-bond donors (Lipinski definition) is 1. The van der Waals surface area contributed by atoms with Crippen molar-refractivity contribution in [1.29, 1.82) is 5.41 Å². The van der Waals surface area contributed by atoms with Crippen LogP contribution >= 0.6 is 0 Å². The molecule has 1 N–H and O–H groups in total. The Morgan fingerprint density at radius 3 is 1.44 bits per heavy atom. The van der Waals surface area contributed by atoms with Gasteiger partial charge >= 0.3 is 0 Å². The van der Waals surface area contributed by atoms with Crippen molar-refractivity contribution in [3.63, 3.8) is 0 Å². The highest BCUT2D eigenvalue weighted by Gasteiger charge is 2.14. The molecule has 0 unspecified atom stereocenters. The number of amidine groups is 1. The summed E-state index contributed by atoms with van der Waals surface area (Å²) in [6, 6.07) is 29.4. The molecular formula is C22H19N3. The summed E-state index contributed by atoms with van der Waals surface area (Å²) in [4.78, 5) is 9.10. The van der Waals surface area contributed by atoms with Crippen LogP contribution < -0.4 is 0 Å². The number of nitrogens with one attached hydrogen (secondary N) is 1. The van der Waals surface area contributed by atoms with Gasteiger partial charge in [0.25, 0.3) is 0 Å². The lowest BCUT2D eigenvalue weighted by atomic mass is 9.99. The van der Waals surface area contributed by atoms with Gasteiger partial charge in [0, 0.05) is 23.7 Å². The standard InChI is InChI=1S/C22H19N3/c1-24-20(17-11-5-2-6-12-17)21(18-13-7-3-8-14-18)25-22(23)19-15-9-4-10-16-19/h2-16,23H,1H3/b23-22?,24-20-,25-21-. The molecule has 3 aromatic rings. The van der Waals surface area contributed by atoms with E-state index in [0.717, 1.165) is 22.4 Å². The Morgan fingerprint density at radius 1 is 0.600 bits per heavy atom. The van der Waals surface area contributed by atoms with Gasteiger partial charge in [-0.3, -0.25) is 10.4 Å². The summed E-state index contributed by atoms with van der Waals surface area (Å²) in [5.74, 6) is 0.219. The molecule has 0 atom stereocenters. The highest BCUT2D eigenvalue weighted by molar-refractivity contribution is 6.54. The first-order valence-corrected chi connectivity index (χ1v) is 8.10. The van der Waals surface area contributed by atoms with E-state index in [9.17, 15) is 0 Å². The summed E-state index contributed by atoms with van der Waals surface area (Å²) in [6.07, 6.45) is 0. The molecule has 0 aromatic heterocycles. The first-order chi connectivity index (χ1) is 12.3. The molecule has 0 heterocycles. The van der Waals surface area contributed by atoms with E-state index in [1.807, 2.05) is 91.0 Å². The SMILES string of the molecule is C/N=C(\C(=N/C(=N)c1ccccc1)c1ccccc1)c1ccccc1. The quantitative estimate of drug-likeness (QED) is 0.537. The van der Waals surface area contributed by atoms with E-state index in [4.69, 9.17) is 5.41 Å². The van der Waals surface area contributed by atoms with Crippen LogP contribution in [-0.4, -0.2) is 24.3 Å². The molecule has 122 valence electrons. The minimum Gasteiger partial charge on any atom is -0.286 e. The monoisotopic (exact) mass is 325 g/mol. The Labute approximate surface area is 147 Å². The van der Waals surface area contributed by atoms with Crippen molar-refractivity contribution >= 4 is 17.3 Å². The number of rotatable bonds is 4. The van der Waals surface area contributed by atoms with Crippen molar-refractivity contribution < 1.29 is 0 Å². The number of benzene rings is 3. The van der Waals surface area contributed by atoms with E-state index in [1.165, 1.54) is 0 Å². The van der Waals surface area contributed by atoms with Crippen molar-refractivity contribution in [1.82, 2.24) is 0 Å². The molecule has 0 fully saturated rings.